The molecule has 1 fully saturated rings. The summed E-state index contributed by atoms with van der Waals surface area (Å²) in [7, 11) is 0. The fraction of sp³-hybridized carbons (Fsp3) is 0.250. The molecule has 2 aromatic rings. The van der Waals surface area contributed by atoms with Crippen molar-refractivity contribution in [2.24, 2.45) is 0 Å². The van der Waals surface area contributed by atoms with E-state index in [9.17, 15) is 9.18 Å². The Kier molecular flexibility index (Phi) is 3.56. The molecule has 0 aliphatic carbocycles. The number of carbonyl (C=O) groups excluding carboxylic acids is 1. The van der Waals surface area contributed by atoms with Gasteiger partial charge in [-0.2, -0.15) is 0 Å². The van der Waals surface area contributed by atoms with E-state index >= 15 is 0 Å². The molecule has 1 unspecified atom stereocenters. The maximum Gasteiger partial charge on any atom is 0.254 e. The molecular formula is C16H16FN3O. The van der Waals surface area contributed by atoms with E-state index in [-0.39, 0.29) is 17.6 Å². The van der Waals surface area contributed by atoms with Crippen LogP contribution >= 0.6 is 0 Å². The van der Waals surface area contributed by atoms with Crippen molar-refractivity contribution in [3.05, 3.63) is 59.7 Å². The van der Waals surface area contributed by atoms with Crippen molar-refractivity contribution in [1.82, 2.24) is 9.88 Å². The van der Waals surface area contributed by atoms with Gasteiger partial charge in [0.1, 0.15) is 5.82 Å². The highest BCUT2D eigenvalue weighted by atomic mass is 19.1. The summed E-state index contributed by atoms with van der Waals surface area (Å²) in [5.41, 5.74) is 7.18. The summed E-state index contributed by atoms with van der Waals surface area (Å²) in [6.45, 7) is 0.662. The minimum atomic E-state index is -0.490. The molecule has 21 heavy (non-hydrogen) atoms. The normalized spacial score (nSPS) is 18.0. The molecule has 0 spiro atoms. The van der Waals surface area contributed by atoms with E-state index in [4.69, 9.17) is 5.73 Å². The number of hydrogen-bond donors (Lipinski definition) is 1. The molecule has 108 valence electrons. The van der Waals surface area contributed by atoms with Crippen LogP contribution in [0.1, 0.15) is 34.8 Å². The summed E-state index contributed by atoms with van der Waals surface area (Å²) in [5.74, 6) is -0.678. The largest absolute Gasteiger partial charge is 0.399 e. The number of pyridine rings is 1. The molecule has 4 nitrogen and oxygen atoms in total. The molecule has 2 heterocycles. The minimum Gasteiger partial charge on any atom is -0.399 e. The quantitative estimate of drug-likeness (QED) is 0.863. The third-order valence-electron chi connectivity index (χ3n) is 3.75. The molecule has 1 aliphatic rings. The van der Waals surface area contributed by atoms with Crippen LogP contribution < -0.4 is 5.73 Å². The van der Waals surface area contributed by atoms with Crippen LogP contribution in [-0.2, 0) is 0 Å². The lowest BCUT2D eigenvalue weighted by atomic mass is 10.1. The smallest absolute Gasteiger partial charge is 0.254 e. The standard InChI is InChI=1S/C16H16FN3O/c17-13-7-12(8-14(18)9-13)16(21)20-6-2-4-15(20)11-3-1-5-19-10-11/h1,3,5,7-10,15H,2,4,6,18H2. The lowest BCUT2D eigenvalue weighted by molar-refractivity contribution is 0.0735. The summed E-state index contributed by atoms with van der Waals surface area (Å²) >= 11 is 0. The number of carbonyl (C=O) groups is 1. The number of amides is 1. The Morgan fingerprint density at radius 1 is 1.38 bits per heavy atom. The Morgan fingerprint density at radius 2 is 2.24 bits per heavy atom. The highest BCUT2D eigenvalue weighted by Crippen LogP contribution is 2.32. The first-order chi connectivity index (χ1) is 10.1. The lowest BCUT2D eigenvalue weighted by Gasteiger charge is -2.25. The third kappa shape index (κ3) is 2.72. The summed E-state index contributed by atoms with van der Waals surface area (Å²) in [6, 6.07) is 7.77. The highest BCUT2D eigenvalue weighted by Gasteiger charge is 2.30. The van der Waals surface area contributed by atoms with Gasteiger partial charge in [0.15, 0.2) is 0 Å². The Labute approximate surface area is 122 Å². The van der Waals surface area contributed by atoms with Gasteiger partial charge in [0, 0.05) is 30.2 Å². The molecule has 1 saturated heterocycles. The number of nitrogens with two attached hydrogens (primary N) is 1. The number of rotatable bonds is 2. The van der Waals surface area contributed by atoms with Gasteiger partial charge in [-0.3, -0.25) is 9.78 Å². The van der Waals surface area contributed by atoms with E-state index in [1.165, 1.54) is 18.2 Å². The van der Waals surface area contributed by atoms with Crippen molar-refractivity contribution in [2.45, 2.75) is 18.9 Å². The lowest BCUT2D eigenvalue weighted by Crippen LogP contribution is -2.30. The molecule has 0 bridgehead atoms. The molecule has 0 saturated carbocycles. The molecule has 5 heteroatoms. The third-order valence-corrected chi connectivity index (χ3v) is 3.75. The Bertz CT molecular complexity index is 640. The van der Waals surface area contributed by atoms with Gasteiger partial charge in [0.25, 0.3) is 5.91 Å². The first kappa shape index (κ1) is 13.5. The van der Waals surface area contributed by atoms with Crippen LogP contribution in [0.15, 0.2) is 42.7 Å². The van der Waals surface area contributed by atoms with E-state index < -0.39 is 5.82 Å². The van der Waals surface area contributed by atoms with E-state index in [0.717, 1.165) is 18.4 Å². The maximum atomic E-state index is 13.4. The van der Waals surface area contributed by atoms with E-state index in [0.29, 0.717) is 12.1 Å². The van der Waals surface area contributed by atoms with Crippen molar-refractivity contribution in [3.63, 3.8) is 0 Å². The summed E-state index contributed by atoms with van der Waals surface area (Å²) in [5, 5.41) is 0. The van der Waals surface area contributed by atoms with Crippen molar-refractivity contribution >= 4 is 11.6 Å². The zero-order chi connectivity index (χ0) is 14.8. The molecule has 1 aliphatic heterocycles. The van der Waals surface area contributed by atoms with Crippen molar-refractivity contribution in [3.8, 4) is 0 Å². The second-order valence-electron chi connectivity index (χ2n) is 5.22. The molecule has 0 radical (unpaired) electrons. The Hall–Kier alpha value is -2.43. The Balaban J connectivity index is 1.90. The zero-order valence-electron chi connectivity index (χ0n) is 11.5. The number of halogens is 1. The zero-order valence-corrected chi connectivity index (χ0v) is 11.5. The van der Waals surface area contributed by atoms with E-state index in [1.54, 1.807) is 17.3 Å². The molecular weight excluding hydrogens is 269 g/mol. The van der Waals surface area contributed by atoms with Gasteiger partial charge in [0.2, 0.25) is 0 Å². The number of nitrogen functional groups attached to an aromatic ring is 1. The number of hydrogen-bond acceptors (Lipinski definition) is 3. The van der Waals surface area contributed by atoms with Gasteiger partial charge in [0.05, 0.1) is 6.04 Å². The molecule has 1 atom stereocenters. The molecule has 1 aromatic carbocycles. The van der Waals surface area contributed by atoms with Crippen molar-refractivity contribution in [2.75, 3.05) is 12.3 Å². The van der Waals surface area contributed by atoms with Crippen LogP contribution in [0.2, 0.25) is 0 Å². The van der Waals surface area contributed by atoms with Crippen LogP contribution in [0, 0.1) is 5.82 Å². The predicted molar refractivity (Wildman–Crippen MR) is 78.1 cm³/mol. The molecule has 1 aromatic heterocycles. The topological polar surface area (TPSA) is 59.2 Å². The van der Waals surface area contributed by atoms with E-state index in [2.05, 4.69) is 4.98 Å². The summed E-state index contributed by atoms with van der Waals surface area (Å²) < 4.78 is 13.4. The monoisotopic (exact) mass is 285 g/mol. The van der Waals surface area contributed by atoms with Crippen LogP contribution in [-0.4, -0.2) is 22.3 Å². The van der Waals surface area contributed by atoms with Gasteiger partial charge < -0.3 is 10.6 Å². The van der Waals surface area contributed by atoms with E-state index in [1.807, 2.05) is 12.1 Å². The molecule has 1 amide bonds. The highest BCUT2D eigenvalue weighted by molar-refractivity contribution is 5.95. The number of benzene rings is 1. The first-order valence-electron chi connectivity index (χ1n) is 6.92. The second-order valence-corrected chi connectivity index (χ2v) is 5.22. The maximum absolute atomic E-state index is 13.4. The Morgan fingerprint density at radius 3 is 2.95 bits per heavy atom. The van der Waals surface area contributed by atoms with Gasteiger partial charge in [-0.05, 0) is 42.7 Å². The summed E-state index contributed by atoms with van der Waals surface area (Å²) in [4.78, 5) is 18.5. The second kappa shape index (κ2) is 5.52. The van der Waals surface area contributed by atoms with Crippen LogP contribution in [0.25, 0.3) is 0 Å². The van der Waals surface area contributed by atoms with Gasteiger partial charge in [-0.25, -0.2) is 4.39 Å². The van der Waals surface area contributed by atoms with Crippen LogP contribution in [0.4, 0.5) is 10.1 Å². The van der Waals surface area contributed by atoms with Crippen molar-refractivity contribution in [1.29, 1.82) is 0 Å². The SMILES string of the molecule is Nc1cc(F)cc(C(=O)N2CCCC2c2cccnc2)c1. The van der Waals surface area contributed by atoms with Crippen LogP contribution in [0.5, 0.6) is 0 Å². The van der Waals surface area contributed by atoms with Gasteiger partial charge in [-0.1, -0.05) is 6.07 Å². The molecule has 3 rings (SSSR count). The predicted octanol–water partition coefficient (Wildman–Crippen LogP) is 2.78. The number of likely N-dealkylation sites (tertiary alicyclic amines) is 1. The first-order valence-corrected chi connectivity index (χ1v) is 6.92. The van der Waals surface area contributed by atoms with Crippen LogP contribution in [0.3, 0.4) is 0 Å². The minimum absolute atomic E-state index is 0.00399. The fourth-order valence-corrected chi connectivity index (χ4v) is 2.83. The molecule has 2 N–H and O–H groups in total. The van der Waals surface area contributed by atoms with Crippen molar-refractivity contribution < 1.29 is 9.18 Å². The number of nitrogens with zero attached hydrogens (tertiary/aromatic N) is 2. The average Bonchev–Trinajstić information content (AvgIpc) is 2.95. The van der Waals surface area contributed by atoms with Gasteiger partial charge >= 0.3 is 0 Å². The summed E-state index contributed by atoms with van der Waals surface area (Å²) in [6.07, 6.45) is 5.30. The number of anilines is 1. The number of aromatic nitrogens is 1. The average molecular weight is 285 g/mol. The fourth-order valence-electron chi connectivity index (χ4n) is 2.83. The van der Waals surface area contributed by atoms with Gasteiger partial charge in [-0.15, -0.1) is 0 Å².